The van der Waals surface area contributed by atoms with Gasteiger partial charge in [0.1, 0.15) is 12.2 Å². The molecule has 2 atom stereocenters. The molecule has 0 amide bonds. The van der Waals surface area contributed by atoms with Crippen LogP contribution in [-0.2, 0) is 0 Å². The molecule has 290 valence electrons. The van der Waals surface area contributed by atoms with Crippen molar-refractivity contribution in [3.05, 3.63) is 152 Å². The Morgan fingerprint density at radius 1 is 0.500 bits per heavy atom. The topological polar surface area (TPSA) is 174 Å². The Labute approximate surface area is 326 Å². The summed E-state index contributed by atoms with van der Waals surface area (Å²) in [5.41, 5.74) is 9.31. The van der Waals surface area contributed by atoms with Gasteiger partial charge in [0, 0.05) is 44.6 Å². The molecule has 5 heterocycles. The molecule has 2 aliphatic rings. The first kappa shape index (κ1) is 38.4. The van der Waals surface area contributed by atoms with Gasteiger partial charge >= 0.3 is 11.9 Å². The number of carbonyl (C=O) groups is 2. The highest BCUT2D eigenvalue weighted by atomic mass is 16.4. The van der Waals surface area contributed by atoms with Crippen LogP contribution in [0.2, 0.25) is 0 Å². The second-order valence-corrected chi connectivity index (χ2v) is 14.8. The van der Waals surface area contributed by atoms with Crippen LogP contribution in [0.25, 0.3) is 22.3 Å². The first-order chi connectivity index (χ1) is 27.2. The largest absolute Gasteiger partial charge is 0.478 e. The molecule has 1 saturated heterocycles. The Morgan fingerprint density at radius 2 is 0.964 bits per heavy atom. The van der Waals surface area contributed by atoms with Gasteiger partial charge in [0.15, 0.2) is 0 Å². The standard InChI is InChI=1S/C46H50N4O6/c1-3-5-7-9-11-31-33-21-22-35(47-33)32(12-10-8-6-4-2)41-43(51)44(52)42(50-41)40(28-15-19-30(20-16-28)46(55)56)38-26-25-37(49-38)39(36-24-23-34(31)48-36)27-13-17-29(18-14-27)45(53)54/h13-26,43-44,47-52H,3-12H2,1-2H3,(H,53,54)(H,55,56)/t43-,44+/m0/s1. The van der Waals surface area contributed by atoms with Gasteiger partial charge in [-0.3, -0.25) is 0 Å². The molecule has 0 aliphatic carbocycles. The predicted molar refractivity (Wildman–Crippen MR) is 218 cm³/mol. The molecule has 8 N–H and O–H groups in total. The summed E-state index contributed by atoms with van der Waals surface area (Å²) < 4.78 is 0. The lowest BCUT2D eigenvalue weighted by molar-refractivity contribution is 0.0686. The molecule has 1 fully saturated rings. The normalized spacial score (nSPS) is 16.8. The highest BCUT2D eigenvalue weighted by Crippen LogP contribution is 2.38. The summed E-state index contributed by atoms with van der Waals surface area (Å²) in [4.78, 5) is 34.7. The third-order valence-corrected chi connectivity index (χ3v) is 11.0. The fourth-order valence-corrected chi connectivity index (χ4v) is 7.98. The molecule has 3 aromatic heterocycles. The van der Waals surface area contributed by atoms with E-state index in [0.29, 0.717) is 34.6 Å². The van der Waals surface area contributed by atoms with E-state index >= 15 is 0 Å². The maximum absolute atomic E-state index is 11.9. The summed E-state index contributed by atoms with van der Waals surface area (Å²) in [5, 5.41) is 48.4. The zero-order valence-electron chi connectivity index (χ0n) is 31.9. The molecule has 10 heteroatoms. The van der Waals surface area contributed by atoms with Gasteiger partial charge in [-0.1, -0.05) is 76.6 Å². The van der Waals surface area contributed by atoms with Crippen molar-refractivity contribution < 1.29 is 30.0 Å². The van der Waals surface area contributed by atoms with E-state index in [2.05, 4.69) is 58.4 Å². The number of aromatic carboxylic acids is 2. The third-order valence-electron chi connectivity index (χ3n) is 11.0. The van der Waals surface area contributed by atoms with Crippen molar-refractivity contribution in [1.29, 1.82) is 0 Å². The van der Waals surface area contributed by atoms with Crippen LogP contribution in [0.3, 0.4) is 0 Å². The molecule has 5 aromatic rings. The Kier molecular flexibility index (Phi) is 11.6. The number of carboxylic acid groups (broad SMARTS) is 2. The van der Waals surface area contributed by atoms with Gasteiger partial charge in [-0.05, 0) is 109 Å². The first-order valence-corrected chi connectivity index (χ1v) is 19.8. The van der Waals surface area contributed by atoms with Gasteiger partial charge < -0.3 is 40.7 Å². The number of rotatable bonds is 14. The molecule has 56 heavy (non-hydrogen) atoms. The SMILES string of the molecule is CCCCCCC1=C2NC(=C(c3ccc(C(=O)O)cc3)c3ccc([nH]3)C(c3ccc(C(=O)O)cc3)=c3ccc([nH]3)=C(CCCCCC)c3ccc1[nH]3)[C@@H](O)[C@H]2O. The van der Waals surface area contributed by atoms with E-state index in [4.69, 9.17) is 0 Å². The second-order valence-electron chi connectivity index (χ2n) is 14.8. The Hall–Kier alpha value is -5.84. The number of carboxylic acids is 2. The average molecular weight is 755 g/mol. The van der Waals surface area contributed by atoms with Crippen molar-refractivity contribution in [3.63, 3.8) is 0 Å². The summed E-state index contributed by atoms with van der Waals surface area (Å²) in [6.07, 6.45) is 7.52. The zero-order chi connectivity index (χ0) is 39.3. The van der Waals surface area contributed by atoms with Crippen molar-refractivity contribution >= 4 is 34.2 Å². The molecule has 8 bridgehead atoms. The molecule has 10 nitrogen and oxygen atoms in total. The lowest BCUT2D eigenvalue weighted by atomic mass is 9.96. The van der Waals surface area contributed by atoms with Crippen molar-refractivity contribution in [2.24, 2.45) is 0 Å². The van der Waals surface area contributed by atoms with E-state index in [1.165, 1.54) is 12.1 Å². The monoisotopic (exact) mass is 754 g/mol. The lowest BCUT2D eigenvalue weighted by Gasteiger charge is -2.15. The van der Waals surface area contributed by atoms with Gasteiger partial charge in [-0.25, -0.2) is 9.59 Å². The Bertz CT molecular complexity index is 2410. The number of aliphatic hydroxyl groups excluding tert-OH is 2. The van der Waals surface area contributed by atoms with Crippen LogP contribution in [0, 0.1) is 0 Å². The molecular weight excluding hydrogens is 705 g/mol. The van der Waals surface area contributed by atoms with Crippen molar-refractivity contribution in [1.82, 2.24) is 20.3 Å². The number of hydrogen-bond donors (Lipinski definition) is 8. The summed E-state index contributed by atoms with van der Waals surface area (Å²) in [6, 6.07) is 25.4. The summed E-state index contributed by atoms with van der Waals surface area (Å²) in [5.74, 6) is -2.06. The molecular formula is C46H50N4O6. The minimum Gasteiger partial charge on any atom is -0.478 e. The van der Waals surface area contributed by atoms with Crippen LogP contribution in [0.4, 0.5) is 0 Å². The number of allylic oxidation sites excluding steroid dienone is 1. The van der Waals surface area contributed by atoms with Crippen molar-refractivity contribution in [2.75, 3.05) is 0 Å². The third kappa shape index (κ3) is 7.80. The quantitative estimate of drug-likeness (QED) is 0.0551. The van der Waals surface area contributed by atoms with E-state index in [9.17, 15) is 30.0 Å². The van der Waals surface area contributed by atoms with Gasteiger partial charge in [-0.2, -0.15) is 0 Å². The molecule has 7 rings (SSSR count). The fourth-order valence-electron chi connectivity index (χ4n) is 7.98. The van der Waals surface area contributed by atoms with Crippen LogP contribution >= 0.6 is 0 Å². The molecule has 0 radical (unpaired) electrons. The predicted octanol–water partition coefficient (Wildman–Crippen LogP) is 7.26. The first-order valence-electron chi connectivity index (χ1n) is 19.8. The number of aromatic amines is 3. The van der Waals surface area contributed by atoms with E-state index in [1.807, 2.05) is 12.1 Å². The molecule has 0 unspecified atom stereocenters. The smallest absolute Gasteiger partial charge is 0.335 e. The number of aromatic nitrogens is 3. The highest BCUT2D eigenvalue weighted by Gasteiger charge is 2.38. The number of nitrogens with one attached hydrogen (secondary N) is 4. The number of benzene rings is 2. The Morgan fingerprint density at radius 3 is 1.54 bits per heavy atom. The van der Waals surface area contributed by atoms with Gasteiger partial charge in [0.25, 0.3) is 0 Å². The van der Waals surface area contributed by atoms with Crippen molar-refractivity contribution in [2.45, 2.75) is 90.3 Å². The average Bonchev–Trinajstić information content (AvgIpc) is 4.03. The number of fused-ring (bicyclic) bond motifs is 8. The van der Waals surface area contributed by atoms with Crippen molar-refractivity contribution in [3.8, 4) is 0 Å². The van der Waals surface area contributed by atoms with Gasteiger partial charge in [0.05, 0.1) is 22.5 Å². The van der Waals surface area contributed by atoms with Gasteiger partial charge in [0.2, 0.25) is 0 Å². The molecule has 2 aliphatic heterocycles. The maximum atomic E-state index is 11.9. The zero-order valence-corrected chi connectivity index (χ0v) is 31.9. The lowest BCUT2D eigenvalue weighted by Crippen LogP contribution is -2.22. The highest BCUT2D eigenvalue weighted by molar-refractivity contribution is 5.91. The Balaban J connectivity index is 1.52. The van der Waals surface area contributed by atoms with Crippen LogP contribution in [0.15, 0.2) is 96.3 Å². The minimum absolute atomic E-state index is 0.127. The summed E-state index contributed by atoms with van der Waals surface area (Å²) in [6.45, 7) is 4.38. The van der Waals surface area contributed by atoms with E-state index in [-0.39, 0.29) is 11.1 Å². The molecule has 2 aromatic carbocycles. The molecule has 0 saturated carbocycles. The fraction of sp³-hybridized carbons (Fsp3) is 0.304. The van der Waals surface area contributed by atoms with Crippen LogP contribution in [0.1, 0.15) is 133 Å². The maximum Gasteiger partial charge on any atom is 0.335 e. The van der Waals surface area contributed by atoms with Gasteiger partial charge in [-0.15, -0.1) is 0 Å². The van der Waals surface area contributed by atoms with Crippen LogP contribution in [-0.4, -0.2) is 59.5 Å². The van der Waals surface area contributed by atoms with Crippen LogP contribution < -0.4 is 16.0 Å². The number of unbranched alkanes of at least 4 members (excludes halogenated alkanes) is 6. The number of hydrogen-bond acceptors (Lipinski definition) is 5. The molecule has 0 spiro atoms. The summed E-state index contributed by atoms with van der Waals surface area (Å²) >= 11 is 0. The van der Waals surface area contributed by atoms with E-state index in [1.54, 1.807) is 36.4 Å². The summed E-state index contributed by atoms with van der Waals surface area (Å²) in [7, 11) is 0. The van der Waals surface area contributed by atoms with E-state index < -0.39 is 24.1 Å². The van der Waals surface area contributed by atoms with E-state index in [0.717, 1.165) is 108 Å². The van der Waals surface area contributed by atoms with Crippen LogP contribution in [0.5, 0.6) is 0 Å². The number of aliphatic hydroxyl groups is 2. The number of H-pyrrole nitrogens is 3. The minimum atomic E-state index is -1.31. The second kappa shape index (κ2) is 16.9.